The average molecular weight is 419 g/mol. The van der Waals surface area contributed by atoms with Gasteiger partial charge in [0.05, 0.1) is 4.90 Å². The molecule has 0 aromatic heterocycles. The maximum atomic E-state index is 12.9. The normalized spacial score (nSPS) is 14.5. The van der Waals surface area contributed by atoms with Crippen LogP contribution in [0.1, 0.15) is 25.0 Å². The fourth-order valence-corrected chi connectivity index (χ4v) is 4.24. The first kappa shape index (κ1) is 21.1. The predicted molar refractivity (Wildman–Crippen MR) is 107 cm³/mol. The van der Waals surface area contributed by atoms with Gasteiger partial charge in [-0.15, -0.1) is 0 Å². The van der Waals surface area contributed by atoms with Crippen molar-refractivity contribution >= 4 is 16.0 Å². The van der Waals surface area contributed by atoms with Crippen LogP contribution < -0.4 is 14.2 Å². The quantitative estimate of drug-likeness (QED) is 0.694. The van der Waals surface area contributed by atoms with Gasteiger partial charge >= 0.3 is 5.97 Å². The van der Waals surface area contributed by atoms with E-state index in [-0.39, 0.29) is 17.4 Å². The van der Waals surface area contributed by atoms with Gasteiger partial charge in [0.2, 0.25) is 10.0 Å². The molecule has 0 spiro atoms. The van der Waals surface area contributed by atoms with Crippen LogP contribution in [0.25, 0.3) is 0 Å². The van der Waals surface area contributed by atoms with Gasteiger partial charge in [0.1, 0.15) is 25.9 Å². The molecule has 0 saturated carbocycles. The van der Waals surface area contributed by atoms with Crippen LogP contribution in [0.3, 0.4) is 0 Å². The second-order valence-corrected chi connectivity index (χ2v) is 8.90. The highest BCUT2D eigenvalue weighted by Gasteiger charge is 2.30. The summed E-state index contributed by atoms with van der Waals surface area (Å²) in [6.45, 7) is 6.29. The molecule has 0 fully saturated rings. The average Bonchev–Trinajstić information content (AvgIpc) is 2.70. The van der Waals surface area contributed by atoms with Crippen LogP contribution in [0.4, 0.5) is 0 Å². The van der Waals surface area contributed by atoms with Gasteiger partial charge in [-0.25, -0.2) is 8.42 Å². The number of esters is 1. The smallest absolute Gasteiger partial charge is 0.324 e. The molecule has 0 radical (unpaired) electrons. The predicted octanol–water partition coefficient (Wildman–Crippen LogP) is 2.81. The van der Waals surface area contributed by atoms with Gasteiger partial charge < -0.3 is 14.2 Å². The van der Waals surface area contributed by atoms with Crippen LogP contribution in [0.15, 0.2) is 47.4 Å². The number of nitrogens with one attached hydrogen (secondary N) is 1. The Bertz CT molecular complexity index is 986. The van der Waals surface area contributed by atoms with E-state index in [0.717, 1.165) is 11.1 Å². The molecule has 1 N–H and O–H groups in total. The SMILES string of the molecule is Cc1ccccc1COC(=O)[C@@H](NS(=O)(=O)c1ccc2c(c1)OCCO2)C(C)C. The van der Waals surface area contributed by atoms with E-state index >= 15 is 0 Å². The first-order valence-corrected chi connectivity index (χ1v) is 10.9. The standard InChI is InChI=1S/C21H25NO6S/c1-14(2)20(21(23)28-13-16-7-5-4-6-15(16)3)22-29(24,25)17-8-9-18-19(12-17)27-11-10-26-18/h4-9,12,14,20,22H,10-11,13H2,1-3H3/t20-/m0/s1. The maximum Gasteiger partial charge on any atom is 0.324 e. The Hall–Kier alpha value is -2.58. The summed E-state index contributed by atoms with van der Waals surface area (Å²) >= 11 is 0. The highest BCUT2D eigenvalue weighted by Crippen LogP contribution is 2.32. The van der Waals surface area contributed by atoms with E-state index in [9.17, 15) is 13.2 Å². The molecule has 0 saturated heterocycles. The van der Waals surface area contributed by atoms with Crippen LogP contribution in [0.2, 0.25) is 0 Å². The Labute approximate surface area is 171 Å². The second-order valence-electron chi connectivity index (χ2n) is 7.18. The molecule has 0 aliphatic carbocycles. The number of hydrogen-bond donors (Lipinski definition) is 1. The molecule has 156 valence electrons. The fraction of sp³-hybridized carbons (Fsp3) is 0.381. The summed E-state index contributed by atoms with van der Waals surface area (Å²) in [5.41, 5.74) is 1.87. The number of carbonyl (C=O) groups excluding carboxylic acids is 1. The van der Waals surface area contributed by atoms with E-state index in [1.54, 1.807) is 19.9 Å². The molecule has 2 aromatic carbocycles. The number of hydrogen-bond acceptors (Lipinski definition) is 6. The number of carbonyl (C=O) groups is 1. The topological polar surface area (TPSA) is 90.9 Å². The Kier molecular flexibility index (Phi) is 6.44. The minimum Gasteiger partial charge on any atom is -0.486 e. The monoisotopic (exact) mass is 419 g/mol. The van der Waals surface area contributed by atoms with Crippen molar-refractivity contribution in [2.24, 2.45) is 5.92 Å². The van der Waals surface area contributed by atoms with E-state index in [2.05, 4.69) is 4.72 Å². The van der Waals surface area contributed by atoms with Gasteiger partial charge in [0.25, 0.3) is 0 Å². The Morgan fingerprint density at radius 3 is 2.48 bits per heavy atom. The van der Waals surface area contributed by atoms with Crippen molar-refractivity contribution in [1.82, 2.24) is 4.72 Å². The van der Waals surface area contributed by atoms with Crippen molar-refractivity contribution in [2.75, 3.05) is 13.2 Å². The van der Waals surface area contributed by atoms with Crippen molar-refractivity contribution in [3.8, 4) is 11.5 Å². The third-order valence-electron chi connectivity index (χ3n) is 4.66. The van der Waals surface area contributed by atoms with Gasteiger partial charge in [-0.3, -0.25) is 4.79 Å². The molecule has 8 heteroatoms. The summed E-state index contributed by atoms with van der Waals surface area (Å²) in [7, 11) is -3.96. The van der Waals surface area contributed by atoms with Gasteiger partial charge in [-0.05, 0) is 36.1 Å². The number of sulfonamides is 1. The van der Waals surface area contributed by atoms with E-state index in [1.165, 1.54) is 12.1 Å². The number of rotatable bonds is 7. The lowest BCUT2D eigenvalue weighted by Gasteiger charge is -2.22. The zero-order valence-electron chi connectivity index (χ0n) is 16.7. The highest BCUT2D eigenvalue weighted by atomic mass is 32.2. The van der Waals surface area contributed by atoms with Crippen LogP contribution in [0.5, 0.6) is 11.5 Å². The largest absolute Gasteiger partial charge is 0.486 e. The Balaban J connectivity index is 1.73. The molecule has 0 unspecified atom stereocenters. The van der Waals surface area contributed by atoms with E-state index in [4.69, 9.17) is 14.2 Å². The van der Waals surface area contributed by atoms with E-state index in [1.807, 2.05) is 31.2 Å². The number of benzene rings is 2. The van der Waals surface area contributed by atoms with Gasteiger partial charge in [-0.2, -0.15) is 4.72 Å². The zero-order valence-corrected chi connectivity index (χ0v) is 17.5. The molecule has 1 aliphatic rings. The summed E-state index contributed by atoms with van der Waals surface area (Å²) in [5.74, 6) is -0.0636. The van der Waals surface area contributed by atoms with Crippen LogP contribution in [-0.2, 0) is 26.2 Å². The van der Waals surface area contributed by atoms with Crippen LogP contribution in [0, 0.1) is 12.8 Å². The lowest BCUT2D eigenvalue weighted by molar-refractivity contribution is -0.148. The first-order valence-electron chi connectivity index (χ1n) is 9.41. The van der Waals surface area contributed by atoms with Crippen molar-refractivity contribution < 1.29 is 27.4 Å². The summed E-state index contributed by atoms with van der Waals surface area (Å²) in [5, 5.41) is 0. The third-order valence-corrected chi connectivity index (χ3v) is 6.10. The maximum absolute atomic E-state index is 12.9. The van der Waals surface area contributed by atoms with Gasteiger partial charge in [0, 0.05) is 6.07 Å². The highest BCUT2D eigenvalue weighted by molar-refractivity contribution is 7.89. The molecule has 1 atom stereocenters. The second kappa shape index (κ2) is 8.84. The molecule has 2 aromatic rings. The summed E-state index contributed by atoms with van der Waals surface area (Å²) in [4.78, 5) is 12.6. The van der Waals surface area contributed by atoms with Crippen LogP contribution >= 0.6 is 0 Å². The van der Waals surface area contributed by atoms with Crippen molar-refractivity contribution in [1.29, 1.82) is 0 Å². The van der Waals surface area contributed by atoms with Crippen molar-refractivity contribution in [3.05, 3.63) is 53.6 Å². The molecule has 29 heavy (non-hydrogen) atoms. The molecule has 7 nitrogen and oxygen atoms in total. The number of ether oxygens (including phenoxy) is 3. The third kappa shape index (κ3) is 5.07. The minimum atomic E-state index is -3.96. The zero-order chi connectivity index (χ0) is 21.0. The molecular formula is C21H25NO6S. The van der Waals surface area contributed by atoms with Crippen molar-refractivity contribution in [2.45, 2.75) is 38.3 Å². The molecule has 0 bridgehead atoms. The molecular weight excluding hydrogens is 394 g/mol. The van der Waals surface area contributed by atoms with Gasteiger partial charge in [-0.1, -0.05) is 38.1 Å². The summed E-state index contributed by atoms with van der Waals surface area (Å²) in [6, 6.07) is 10.9. The van der Waals surface area contributed by atoms with Crippen LogP contribution in [-0.4, -0.2) is 33.6 Å². The summed E-state index contributed by atoms with van der Waals surface area (Å²) < 4.78 is 44.4. The lowest BCUT2D eigenvalue weighted by Crippen LogP contribution is -2.45. The van der Waals surface area contributed by atoms with E-state index < -0.39 is 22.0 Å². The minimum absolute atomic E-state index is 0.000830. The summed E-state index contributed by atoms with van der Waals surface area (Å²) in [6.07, 6.45) is 0. The molecule has 0 amide bonds. The van der Waals surface area contributed by atoms with Crippen molar-refractivity contribution in [3.63, 3.8) is 0 Å². The Morgan fingerprint density at radius 1 is 1.10 bits per heavy atom. The Morgan fingerprint density at radius 2 is 1.79 bits per heavy atom. The molecule has 1 aliphatic heterocycles. The number of aryl methyl sites for hydroxylation is 1. The number of fused-ring (bicyclic) bond motifs is 1. The fourth-order valence-electron chi connectivity index (χ4n) is 2.89. The molecule has 3 rings (SSSR count). The molecule has 1 heterocycles. The van der Waals surface area contributed by atoms with E-state index in [0.29, 0.717) is 24.7 Å². The lowest BCUT2D eigenvalue weighted by atomic mass is 10.1. The first-order chi connectivity index (χ1) is 13.8. The van der Waals surface area contributed by atoms with Gasteiger partial charge in [0.15, 0.2) is 11.5 Å².